The molecule has 1 aliphatic rings. The summed E-state index contributed by atoms with van der Waals surface area (Å²) in [5, 5.41) is 4.49. The second-order valence-electron chi connectivity index (χ2n) is 6.73. The zero-order valence-corrected chi connectivity index (χ0v) is 16.0. The number of hydrogen-bond acceptors (Lipinski definition) is 6. The van der Waals surface area contributed by atoms with E-state index in [9.17, 15) is 0 Å². The standard InChI is InChI=1S/C20H24N6O/c1-15-14-16(2)26(23-15)20-21-9-8-19(22-20)25-12-10-24(11-13-25)17-4-6-18(27-3)7-5-17/h4-9,14H,10-13H2,1-3H3. The van der Waals surface area contributed by atoms with E-state index in [2.05, 4.69) is 32.0 Å². The van der Waals surface area contributed by atoms with Crippen molar-refractivity contribution in [3.63, 3.8) is 0 Å². The highest BCUT2D eigenvalue weighted by molar-refractivity contribution is 5.51. The first kappa shape index (κ1) is 17.3. The van der Waals surface area contributed by atoms with Crippen molar-refractivity contribution in [3.8, 4) is 11.7 Å². The Kier molecular flexibility index (Phi) is 4.66. The summed E-state index contributed by atoms with van der Waals surface area (Å²) in [5.74, 6) is 2.45. The summed E-state index contributed by atoms with van der Waals surface area (Å²) in [7, 11) is 1.69. The van der Waals surface area contributed by atoms with Crippen molar-refractivity contribution in [1.29, 1.82) is 0 Å². The van der Waals surface area contributed by atoms with Crippen molar-refractivity contribution in [2.24, 2.45) is 0 Å². The van der Waals surface area contributed by atoms with Crippen molar-refractivity contribution in [2.75, 3.05) is 43.1 Å². The number of methoxy groups -OCH3 is 1. The molecule has 0 atom stereocenters. The van der Waals surface area contributed by atoms with E-state index in [1.807, 2.05) is 44.3 Å². The Hall–Kier alpha value is -3.09. The summed E-state index contributed by atoms with van der Waals surface area (Å²) in [6.07, 6.45) is 1.81. The monoisotopic (exact) mass is 364 g/mol. The Morgan fingerprint density at radius 1 is 0.926 bits per heavy atom. The second-order valence-corrected chi connectivity index (χ2v) is 6.73. The van der Waals surface area contributed by atoms with Crippen molar-refractivity contribution in [2.45, 2.75) is 13.8 Å². The van der Waals surface area contributed by atoms with Gasteiger partial charge in [-0.05, 0) is 50.2 Å². The third kappa shape index (κ3) is 3.58. The molecule has 0 radical (unpaired) electrons. The number of aromatic nitrogens is 4. The third-order valence-electron chi connectivity index (χ3n) is 4.87. The zero-order valence-electron chi connectivity index (χ0n) is 16.0. The number of hydrogen-bond donors (Lipinski definition) is 0. The first-order valence-corrected chi connectivity index (χ1v) is 9.15. The fourth-order valence-electron chi connectivity index (χ4n) is 3.44. The molecule has 27 heavy (non-hydrogen) atoms. The predicted octanol–water partition coefficient (Wildman–Crippen LogP) is 2.61. The SMILES string of the molecule is COc1ccc(N2CCN(c3ccnc(-n4nc(C)cc4C)n3)CC2)cc1. The van der Waals surface area contributed by atoms with Crippen LogP contribution in [0.1, 0.15) is 11.4 Å². The minimum atomic E-state index is 0.621. The maximum Gasteiger partial charge on any atom is 0.252 e. The highest BCUT2D eigenvalue weighted by atomic mass is 16.5. The first-order valence-electron chi connectivity index (χ1n) is 9.15. The molecule has 0 spiro atoms. The maximum atomic E-state index is 5.24. The Labute approximate surface area is 159 Å². The summed E-state index contributed by atoms with van der Waals surface area (Å²) in [5.41, 5.74) is 3.23. The van der Waals surface area contributed by atoms with Crippen LogP contribution in [0.4, 0.5) is 11.5 Å². The largest absolute Gasteiger partial charge is 0.497 e. The van der Waals surface area contributed by atoms with E-state index in [4.69, 9.17) is 9.72 Å². The van der Waals surface area contributed by atoms with Gasteiger partial charge in [0.05, 0.1) is 12.8 Å². The molecule has 7 heteroatoms. The fraction of sp³-hybridized carbons (Fsp3) is 0.350. The van der Waals surface area contributed by atoms with E-state index in [1.165, 1.54) is 5.69 Å². The van der Waals surface area contributed by atoms with Crippen LogP contribution in [-0.2, 0) is 0 Å². The van der Waals surface area contributed by atoms with Crippen LogP contribution in [0, 0.1) is 13.8 Å². The van der Waals surface area contributed by atoms with Crippen molar-refractivity contribution >= 4 is 11.5 Å². The summed E-state index contributed by atoms with van der Waals surface area (Å²) in [4.78, 5) is 13.8. The van der Waals surface area contributed by atoms with Gasteiger partial charge in [-0.2, -0.15) is 10.1 Å². The highest BCUT2D eigenvalue weighted by Gasteiger charge is 2.19. The van der Waals surface area contributed by atoms with E-state index in [0.29, 0.717) is 5.95 Å². The zero-order chi connectivity index (χ0) is 18.8. The van der Waals surface area contributed by atoms with E-state index in [0.717, 1.165) is 49.1 Å². The number of rotatable bonds is 4. The van der Waals surface area contributed by atoms with Gasteiger partial charge in [0.1, 0.15) is 11.6 Å². The lowest BCUT2D eigenvalue weighted by molar-refractivity contribution is 0.415. The van der Waals surface area contributed by atoms with Crippen molar-refractivity contribution in [1.82, 2.24) is 19.7 Å². The Morgan fingerprint density at radius 2 is 1.63 bits per heavy atom. The normalized spacial score (nSPS) is 14.5. The van der Waals surface area contributed by atoms with Crippen LogP contribution in [-0.4, -0.2) is 53.0 Å². The van der Waals surface area contributed by atoms with Gasteiger partial charge in [-0.3, -0.25) is 0 Å². The summed E-state index contributed by atoms with van der Waals surface area (Å²) in [6, 6.07) is 12.2. The number of piperazine rings is 1. The second kappa shape index (κ2) is 7.26. The van der Waals surface area contributed by atoms with Crippen LogP contribution in [0.15, 0.2) is 42.6 Å². The van der Waals surface area contributed by atoms with Gasteiger partial charge in [-0.15, -0.1) is 0 Å². The summed E-state index contributed by atoms with van der Waals surface area (Å²) >= 11 is 0. The van der Waals surface area contributed by atoms with E-state index in [1.54, 1.807) is 11.8 Å². The van der Waals surface area contributed by atoms with Crippen LogP contribution in [0.25, 0.3) is 5.95 Å². The Balaban J connectivity index is 1.46. The predicted molar refractivity (Wildman–Crippen MR) is 106 cm³/mol. The number of aryl methyl sites for hydroxylation is 2. The minimum absolute atomic E-state index is 0.621. The van der Waals surface area contributed by atoms with Gasteiger partial charge in [0.2, 0.25) is 0 Å². The van der Waals surface area contributed by atoms with E-state index < -0.39 is 0 Å². The van der Waals surface area contributed by atoms with Gasteiger partial charge in [-0.1, -0.05) is 0 Å². The van der Waals surface area contributed by atoms with Gasteiger partial charge in [0, 0.05) is 43.8 Å². The van der Waals surface area contributed by atoms with Crippen LogP contribution in [0.3, 0.4) is 0 Å². The van der Waals surface area contributed by atoms with Crippen LogP contribution >= 0.6 is 0 Å². The Bertz CT molecular complexity index is 912. The van der Waals surface area contributed by atoms with Gasteiger partial charge in [0.25, 0.3) is 5.95 Å². The molecule has 0 aliphatic carbocycles. The molecule has 0 saturated carbocycles. The lowest BCUT2D eigenvalue weighted by Crippen LogP contribution is -2.46. The Morgan fingerprint density at radius 3 is 2.26 bits per heavy atom. The van der Waals surface area contributed by atoms with Crippen LogP contribution < -0.4 is 14.5 Å². The molecule has 7 nitrogen and oxygen atoms in total. The molecular weight excluding hydrogens is 340 g/mol. The quantitative estimate of drug-likeness (QED) is 0.709. The van der Waals surface area contributed by atoms with Crippen LogP contribution in [0.5, 0.6) is 5.75 Å². The molecule has 0 amide bonds. The fourth-order valence-corrected chi connectivity index (χ4v) is 3.44. The van der Waals surface area contributed by atoms with Gasteiger partial charge < -0.3 is 14.5 Å². The summed E-state index contributed by atoms with van der Waals surface area (Å²) in [6.45, 7) is 7.73. The minimum Gasteiger partial charge on any atom is -0.497 e. The molecule has 1 fully saturated rings. The van der Waals surface area contributed by atoms with Gasteiger partial charge in [0.15, 0.2) is 0 Å². The van der Waals surface area contributed by atoms with E-state index >= 15 is 0 Å². The molecule has 2 aromatic heterocycles. The third-order valence-corrected chi connectivity index (χ3v) is 4.87. The molecule has 0 unspecified atom stereocenters. The lowest BCUT2D eigenvalue weighted by Gasteiger charge is -2.36. The molecule has 140 valence electrons. The molecule has 1 aromatic carbocycles. The van der Waals surface area contributed by atoms with Crippen molar-refractivity contribution < 1.29 is 4.74 Å². The first-order chi connectivity index (χ1) is 13.1. The molecular formula is C20H24N6O. The maximum absolute atomic E-state index is 5.24. The van der Waals surface area contributed by atoms with Gasteiger partial charge >= 0.3 is 0 Å². The number of ether oxygens (including phenoxy) is 1. The summed E-state index contributed by atoms with van der Waals surface area (Å²) < 4.78 is 7.04. The lowest BCUT2D eigenvalue weighted by atomic mass is 10.2. The van der Waals surface area contributed by atoms with Gasteiger partial charge in [-0.25, -0.2) is 9.67 Å². The molecule has 0 bridgehead atoms. The average Bonchev–Trinajstić information content (AvgIpc) is 3.06. The number of anilines is 2. The smallest absolute Gasteiger partial charge is 0.252 e. The molecule has 3 heterocycles. The van der Waals surface area contributed by atoms with E-state index in [-0.39, 0.29) is 0 Å². The molecule has 4 rings (SSSR count). The molecule has 1 aliphatic heterocycles. The number of benzene rings is 1. The molecule has 3 aromatic rings. The van der Waals surface area contributed by atoms with Crippen molar-refractivity contribution in [3.05, 3.63) is 54.0 Å². The molecule has 1 saturated heterocycles. The topological polar surface area (TPSA) is 59.3 Å². The molecule has 0 N–H and O–H groups in total. The average molecular weight is 364 g/mol. The number of nitrogens with zero attached hydrogens (tertiary/aromatic N) is 6. The van der Waals surface area contributed by atoms with Crippen LogP contribution in [0.2, 0.25) is 0 Å². The highest BCUT2D eigenvalue weighted by Crippen LogP contribution is 2.22.